The molecule has 26 heavy (non-hydrogen) atoms. The van der Waals surface area contributed by atoms with Gasteiger partial charge in [-0.15, -0.1) is 5.10 Å². The summed E-state index contributed by atoms with van der Waals surface area (Å²) >= 11 is 1.04. The molecule has 1 aliphatic heterocycles. The fraction of sp³-hybridized carbons (Fsp3) is 0.471. The SMILES string of the molecule is CCCc1nnsc1C(=O)N1CCC(c2ccccc2F)S(=O)(=O)CC1. The summed E-state index contributed by atoms with van der Waals surface area (Å²) in [5.74, 6) is -0.960. The van der Waals surface area contributed by atoms with Gasteiger partial charge in [0.05, 0.1) is 16.7 Å². The quantitative estimate of drug-likeness (QED) is 0.792. The van der Waals surface area contributed by atoms with Gasteiger partial charge in [-0.05, 0) is 30.4 Å². The van der Waals surface area contributed by atoms with Gasteiger partial charge in [-0.3, -0.25) is 4.79 Å². The van der Waals surface area contributed by atoms with Gasteiger partial charge in [0, 0.05) is 18.7 Å². The molecule has 140 valence electrons. The van der Waals surface area contributed by atoms with Crippen LogP contribution >= 0.6 is 11.5 Å². The summed E-state index contributed by atoms with van der Waals surface area (Å²) in [6.07, 6.45) is 1.67. The van der Waals surface area contributed by atoms with Crippen LogP contribution in [0.1, 0.15) is 45.9 Å². The van der Waals surface area contributed by atoms with Crippen LogP contribution in [0.15, 0.2) is 24.3 Å². The van der Waals surface area contributed by atoms with Crippen molar-refractivity contribution in [2.75, 3.05) is 18.8 Å². The topological polar surface area (TPSA) is 80.2 Å². The van der Waals surface area contributed by atoms with Gasteiger partial charge in [-0.2, -0.15) is 0 Å². The van der Waals surface area contributed by atoms with E-state index in [9.17, 15) is 17.6 Å². The molecule has 0 radical (unpaired) electrons. The van der Waals surface area contributed by atoms with Crippen LogP contribution in [0.5, 0.6) is 0 Å². The highest BCUT2D eigenvalue weighted by atomic mass is 32.2. The lowest BCUT2D eigenvalue weighted by molar-refractivity contribution is 0.0770. The summed E-state index contributed by atoms with van der Waals surface area (Å²) in [6, 6.07) is 5.92. The standard InChI is InChI=1S/C17H20FN3O3S2/c1-2-5-14-16(25-20-19-14)17(22)21-9-8-15(26(23,24)11-10-21)12-6-3-4-7-13(12)18/h3-4,6-7,15H,2,5,8-11H2,1H3. The molecule has 0 spiro atoms. The van der Waals surface area contributed by atoms with Crippen LogP contribution in [0.4, 0.5) is 4.39 Å². The number of aromatic nitrogens is 2. The lowest BCUT2D eigenvalue weighted by Crippen LogP contribution is -2.33. The summed E-state index contributed by atoms with van der Waals surface area (Å²) in [5, 5.41) is 3.07. The fourth-order valence-electron chi connectivity index (χ4n) is 3.15. The number of carbonyl (C=O) groups excluding carboxylic acids is 1. The number of benzene rings is 1. The van der Waals surface area contributed by atoms with E-state index in [-0.39, 0.29) is 36.7 Å². The smallest absolute Gasteiger partial charge is 0.267 e. The number of amides is 1. The highest BCUT2D eigenvalue weighted by molar-refractivity contribution is 7.91. The van der Waals surface area contributed by atoms with Crippen LogP contribution in [0.25, 0.3) is 0 Å². The Morgan fingerprint density at radius 2 is 2.12 bits per heavy atom. The van der Waals surface area contributed by atoms with Gasteiger partial charge >= 0.3 is 0 Å². The van der Waals surface area contributed by atoms with E-state index in [0.29, 0.717) is 17.0 Å². The van der Waals surface area contributed by atoms with Crippen molar-refractivity contribution in [2.24, 2.45) is 0 Å². The Hall–Kier alpha value is -1.87. The number of sulfone groups is 1. The molecule has 6 nitrogen and oxygen atoms in total. The van der Waals surface area contributed by atoms with Crippen LogP contribution in [-0.2, 0) is 16.3 Å². The van der Waals surface area contributed by atoms with E-state index in [1.54, 1.807) is 6.07 Å². The first kappa shape index (κ1) is 18.9. The molecule has 0 N–H and O–H groups in total. The lowest BCUT2D eigenvalue weighted by atomic mass is 10.1. The zero-order chi connectivity index (χ0) is 18.7. The zero-order valence-electron chi connectivity index (χ0n) is 14.4. The van der Waals surface area contributed by atoms with Gasteiger partial charge in [0.15, 0.2) is 9.84 Å². The van der Waals surface area contributed by atoms with E-state index in [2.05, 4.69) is 9.59 Å². The minimum Gasteiger partial charge on any atom is -0.337 e. The molecule has 1 aromatic heterocycles. The fourth-order valence-corrected chi connectivity index (χ4v) is 5.63. The average molecular weight is 397 g/mol. The van der Waals surface area contributed by atoms with Crippen molar-refractivity contribution in [1.29, 1.82) is 0 Å². The molecule has 1 atom stereocenters. The molecule has 1 saturated heterocycles. The van der Waals surface area contributed by atoms with E-state index >= 15 is 0 Å². The van der Waals surface area contributed by atoms with Gasteiger partial charge in [0.2, 0.25) is 0 Å². The molecule has 1 amide bonds. The zero-order valence-corrected chi connectivity index (χ0v) is 16.0. The first-order valence-electron chi connectivity index (χ1n) is 8.50. The second-order valence-corrected chi connectivity index (χ2v) is 9.31. The van der Waals surface area contributed by atoms with E-state index in [1.165, 1.54) is 23.1 Å². The average Bonchev–Trinajstić information content (AvgIpc) is 3.00. The molecule has 1 fully saturated rings. The van der Waals surface area contributed by atoms with Crippen molar-refractivity contribution in [3.8, 4) is 0 Å². The number of hydrogen-bond donors (Lipinski definition) is 0. The molecule has 2 aromatic rings. The number of carbonyl (C=O) groups is 1. The van der Waals surface area contributed by atoms with Crippen LogP contribution in [-0.4, -0.2) is 47.7 Å². The van der Waals surface area contributed by atoms with Gasteiger partial charge < -0.3 is 4.90 Å². The first-order chi connectivity index (χ1) is 12.4. The molecule has 2 heterocycles. The maximum atomic E-state index is 14.1. The summed E-state index contributed by atoms with van der Waals surface area (Å²) in [5.41, 5.74) is 0.827. The Labute approximate surface area is 156 Å². The Morgan fingerprint density at radius 3 is 2.85 bits per heavy atom. The van der Waals surface area contributed by atoms with E-state index in [4.69, 9.17) is 0 Å². The first-order valence-corrected chi connectivity index (χ1v) is 11.0. The van der Waals surface area contributed by atoms with Crippen molar-refractivity contribution < 1.29 is 17.6 Å². The summed E-state index contributed by atoms with van der Waals surface area (Å²) < 4.78 is 43.3. The molecular formula is C17H20FN3O3S2. The Balaban J connectivity index is 1.83. The molecule has 1 aromatic carbocycles. The van der Waals surface area contributed by atoms with E-state index < -0.39 is 20.9 Å². The Kier molecular flexibility index (Phi) is 5.67. The van der Waals surface area contributed by atoms with Crippen molar-refractivity contribution in [3.63, 3.8) is 0 Å². The normalized spacial score (nSPS) is 19.9. The summed E-state index contributed by atoms with van der Waals surface area (Å²) in [4.78, 5) is 14.8. The van der Waals surface area contributed by atoms with Crippen molar-refractivity contribution in [1.82, 2.24) is 14.5 Å². The van der Waals surface area contributed by atoms with Crippen molar-refractivity contribution in [2.45, 2.75) is 31.4 Å². The molecule has 1 unspecified atom stereocenters. The van der Waals surface area contributed by atoms with Gasteiger partial charge in [0.1, 0.15) is 10.7 Å². The number of rotatable bonds is 4. The molecule has 0 bridgehead atoms. The number of halogens is 1. The van der Waals surface area contributed by atoms with E-state index in [0.717, 1.165) is 18.0 Å². The highest BCUT2D eigenvalue weighted by Gasteiger charge is 2.35. The number of hydrogen-bond acceptors (Lipinski definition) is 6. The number of nitrogens with zero attached hydrogens (tertiary/aromatic N) is 3. The Bertz CT molecular complexity index is 898. The molecule has 1 aliphatic rings. The van der Waals surface area contributed by atoms with Crippen molar-refractivity contribution >= 4 is 27.3 Å². The second-order valence-electron chi connectivity index (χ2n) is 6.26. The summed E-state index contributed by atoms with van der Waals surface area (Å²) in [6.45, 7) is 2.33. The largest absolute Gasteiger partial charge is 0.337 e. The third kappa shape index (κ3) is 3.78. The van der Waals surface area contributed by atoms with Gasteiger partial charge in [-0.1, -0.05) is 36.0 Å². The maximum absolute atomic E-state index is 14.1. The highest BCUT2D eigenvalue weighted by Crippen LogP contribution is 2.31. The predicted octanol–water partition coefficient (Wildman–Crippen LogP) is 2.63. The molecule has 9 heteroatoms. The van der Waals surface area contributed by atoms with Gasteiger partial charge in [-0.25, -0.2) is 12.8 Å². The lowest BCUT2D eigenvalue weighted by Gasteiger charge is -2.19. The third-order valence-corrected chi connectivity index (χ3v) is 7.38. The van der Waals surface area contributed by atoms with Crippen LogP contribution in [0.3, 0.4) is 0 Å². The third-order valence-electron chi connectivity index (χ3n) is 4.52. The maximum Gasteiger partial charge on any atom is 0.267 e. The molecule has 0 saturated carbocycles. The molecule has 3 rings (SSSR count). The Morgan fingerprint density at radius 1 is 1.35 bits per heavy atom. The van der Waals surface area contributed by atoms with Gasteiger partial charge in [0.25, 0.3) is 5.91 Å². The molecular weight excluding hydrogens is 377 g/mol. The monoisotopic (exact) mass is 397 g/mol. The van der Waals surface area contributed by atoms with Crippen molar-refractivity contribution in [3.05, 3.63) is 46.2 Å². The minimum atomic E-state index is -3.55. The second kappa shape index (κ2) is 7.79. The summed E-state index contributed by atoms with van der Waals surface area (Å²) in [7, 11) is -3.55. The van der Waals surface area contributed by atoms with E-state index in [1.807, 2.05) is 6.92 Å². The van der Waals surface area contributed by atoms with Crippen LogP contribution in [0, 0.1) is 5.82 Å². The number of aryl methyl sites for hydroxylation is 1. The minimum absolute atomic E-state index is 0.0928. The van der Waals surface area contributed by atoms with Crippen LogP contribution in [0.2, 0.25) is 0 Å². The predicted molar refractivity (Wildman–Crippen MR) is 97.4 cm³/mol. The molecule has 0 aliphatic carbocycles. The van der Waals surface area contributed by atoms with Crippen LogP contribution < -0.4 is 0 Å².